The van der Waals surface area contributed by atoms with Crippen LogP contribution in [0, 0.1) is 20.8 Å². The van der Waals surface area contributed by atoms with Crippen LogP contribution in [0.5, 0.6) is 0 Å². The highest BCUT2D eigenvalue weighted by molar-refractivity contribution is 6.22. The van der Waals surface area contributed by atoms with E-state index in [9.17, 15) is 14.4 Å². The van der Waals surface area contributed by atoms with Crippen LogP contribution in [0.1, 0.15) is 43.0 Å². The molecular formula is C21H21ClN2O3. The molecule has 0 saturated heterocycles. The van der Waals surface area contributed by atoms with Gasteiger partial charge in [0.05, 0.1) is 11.1 Å². The topological polar surface area (TPSA) is 57.7 Å². The van der Waals surface area contributed by atoms with Gasteiger partial charge in [0.15, 0.2) is 0 Å². The van der Waals surface area contributed by atoms with Crippen LogP contribution in [-0.2, 0) is 10.7 Å². The predicted molar refractivity (Wildman–Crippen MR) is 105 cm³/mol. The number of fused-ring (bicyclic) bond motifs is 1. The number of imide groups is 1. The summed E-state index contributed by atoms with van der Waals surface area (Å²) in [5.74, 6) is -0.849. The molecular weight excluding hydrogens is 364 g/mol. The van der Waals surface area contributed by atoms with Crippen molar-refractivity contribution in [3.63, 3.8) is 0 Å². The van der Waals surface area contributed by atoms with Crippen LogP contribution in [0.3, 0.4) is 0 Å². The zero-order chi connectivity index (χ0) is 19.9. The average Bonchev–Trinajstić information content (AvgIpc) is 2.87. The van der Waals surface area contributed by atoms with E-state index in [1.165, 1.54) is 4.90 Å². The number of carbonyl (C=O) groups excluding carboxylic acids is 3. The minimum absolute atomic E-state index is 0.300. The van der Waals surface area contributed by atoms with Gasteiger partial charge in [0.2, 0.25) is 5.91 Å². The SMILES string of the molecule is Cc1cc(C)c(N(C)C(=O)CN2C(=O)c3ccccc3C2=O)c(C)c1CCl. The smallest absolute Gasteiger partial charge is 0.262 e. The molecule has 1 aliphatic rings. The molecule has 0 unspecified atom stereocenters. The van der Waals surface area contributed by atoms with Crippen molar-refractivity contribution in [2.24, 2.45) is 0 Å². The Hall–Kier alpha value is -2.66. The van der Waals surface area contributed by atoms with Gasteiger partial charge in [0.1, 0.15) is 6.54 Å². The van der Waals surface area contributed by atoms with Crippen molar-refractivity contribution in [1.82, 2.24) is 4.90 Å². The van der Waals surface area contributed by atoms with Crippen LogP contribution < -0.4 is 4.90 Å². The third-order valence-electron chi connectivity index (χ3n) is 5.11. The lowest BCUT2D eigenvalue weighted by Gasteiger charge is -2.26. The Labute approximate surface area is 163 Å². The first-order valence-electron chi connectivity index (χ1n) is 8.65. The molecule has 0 aromatic heterocycles. The van der Waals surface area contributed by atoms with Gasteiger partial charge in [-0.1, -0.05) is 18.2 Å². The van der Waals surface area contributed by atoms with E-state index in [-0.39, 0.29) is 12.5 Å². The van der Waals surface area contributed by atoms with Crippen LogP contribution in [0.15, 0.2) is 30.3 Å². The number of alkyl halides is 1. The Morgan fingerprint density at radius 2 is 1.59 bits per heavy atom. The van der Waals surface area contributed by atoms with Gasteiger partial charge in [-0.25, -0.2) is 0 Å². The highest BCUT2D eigenvalue weighted by atomic mass is 35.5. The van der Waals surface area contributed by atoms with E-state index in [4.69, 9.17) is 11.6 Å². The molecule has 3 rings (SSSR count). The van der Waals surface area contributed by atoms with E-state index in [2.05, 4.69) is 0 Å². The maximum Gasteiger partial charge on any atom is 0.262 e. The van der Waals surface area contributed by atoms with Crippen LogP contribution in [-0.4, -0.2) is 36.2 Å². The van der Waals surface area contributed by atoms with Gasteiger partial charge in [-0.2, -0.15) is 0 Å². The molecule has 1 heterocycles. The molecule has 5 nitrogen and oxygen atoms in total. The molecule has 0 aliphatic carbocycles. The second kappa shape index (κ2) is 7.16. The van der Waals surface area contributed by atoms with Crippen molar-refractivity contribution < 1.29 is 14.4 Å². The molecule has 2 aromatic carbocycles. The first-order chi connectivity index (χ1) is 12.8. The first kappa shape index (κ1) is 19.1. The second-order valence-corrected chi connectivity index (χ2v) is 7.06. The third-order valence-corrected chi connectivity index (χ3v) is 5.37. The fourth-order valence-electron chi connectivity index (χ4n) is 3.69. The summed E-state index contributed by atoms with van der Waals surface area (Å²) >= 11 is 6.07. The normalized spacial score (nSPS) is 13.1. The van der Waals surface area contributed by atoms with Crippen molar-refractivity contribution in [2.75, 3.05) is 18.5 Å². The van der Waals surface area contributed by atoms with Crippen LogP contribution in [0.25, 0.3) is 0 Å². The lowest BCUT2D eigenvalue weighted by atomic mass is 9.97. The number of anilines is 1. The zero-order valence-electron chi connectivity index (χ0n) is 15.8. The Bertz CT molecular complexity index is 933. The molecule has 140 valence electrons. The molecule has 27 heavy (non-hydrogen) atoms. The van der Waals surface area contributed by atoms with Crippen molar-refractivity contribution in [1.29, 1.82) is 0 Å². The predicted octanol–water partition coefficient (Wildman–Crippen LogP) is 3.61. The number of carbonyl (C=O) groups is 3. The van der Waals surface area contributed by atoms with E-state index >= 15 is 0 Å². The minimum atomic E-state index is -0.434. The second-order valence-electron chi connectivity index (χ2n) is 6.79. The molecule has 0 N–H and O–H groups in total. The monoisotopic (exact) mass is 384 g/mol. The third kappa shape index (κ3) is 3.12. The van der Waals surface area contributed by atoms with E-state index in [0.717, 1.165) is 32.8 Å². The quantitative estimate of drug-likeness (QED) is 0.597. The summed E-state index contributed by atoms with van der Waals surface area (Å²) in [6.07, 6.45) is 0. The van der Waals surface area contributed by atoms with Crippen LogP contribution >= 0.6 is 11.6 Å². The van der Waals surface area contributed by atoms with Crippen molar-refractivity contribution in [3.8, 4) is 0 Å². The Morgan fingerprint density at radius 1 is 1.04 bits per heavy atom. The molecule has 1 aliphatic heterocycles. The van der Waals surface area contributed by atoms with Gasteiger partial charge in [-0.3, -0.25) is 19.3 Å². The Morgan fingerprint density at radius 3 is 2.11 bits per heavy atom. The fraction of sp³-hybridized carbons (Fsp3) is 0.286. The summed E-state index contributed by atoms with van der Waals surface area (Å²) in [6.45, 7) is 5.55. The molecule has 0 fully saturated rings. The zero-order valence-corrected chi connectivity index (χ0v) is 16.6. The lowest BCUT2D eigenvalue weighted by Crippen LogP contribution is -2.41. The maximum atomic E-state index is 12.9. The summed E-state index contributed by atoms with van der Waals surface area (Å²) in [7, 11) is 1.66. The number of hydrogen-bond donors (Lipinski definition) is 0. The lowest BCUT2D eigenvalue weighted by molar-refractivity contribution is -0.118. The van der Waals surface area contributed by atoms with Gasteiger partial charge in [-0.05, 0) is 55.2 Å². The number of amides is 3. The average molecular weight is 385 g/mol. The summed E-state index contributed by atoms with van der Waals surface area (Å²) < 4.78 is 0. The van der Waals surface area contributed by atoms with E-state index < -0.39 is 11.8 Å². The van der Waals surface area contributed by atoms with E-state index in [1.54, 1.807) is 31.3 Å². The van der Waals surface area contributed by atoms with E-state index in [1.807, 2.05) is 26.8 Å². The molecule has 0 bridgehead atoms. The van der Waals surface area contributed by atoms with Gasteiger partial charge in [0, 0.05) is 18.6 Å². The van der Waals surface area contributed by atoms with Crippen molar-refractivity contribution >= 4 is 35.0 Å². The molecule has 0 radical (unpaired) electrons. The number of halogens is 1. The van der Waals surface area contributed by atoms with Gasteiger partial charge >= 0.3 is 0 Å². The van der Waals surface area contributed by atoms with Gasteiger partial charge in [-0.15, -0.1) is 11.6 Å². The highest BCUT2D eigenvalue weighted by Crippen LogP contribution is 2.31. The fourth-order valence-corrected chi connectivity index (χ4v) is 4.10. The molecule has 0 spiro atoms. The molecule has 6 heteroatoms. The number of rotatable bonds is 4. The van der Waals surface area contributed by atoms with Crippen molar-refractivity contribution in [2.45, 2.75) is 26.7 Å². The Kier molecular flexibility index (Phi) is 5.07. The van der Waals surface area contributed by atoms with Crippen molar-refractivity contribution in [3.05, 3.63) is 63.7 Å². The number of benzene rings is 2. The summed E-state index contributed by atoms with van der Waals surface area (Å²) in [6, 6.07) is 8.60. The minimum Gasteiger partial charge on any atom is -0.313 e. The maximum absolute atomic E-state index is 12.9. The molecule has 0 atom stereocenters. The number of nitrogens with zero attached hydrogens (tertiary/aromatic N) is 2. The largest absolute Gasteiger partial charge is 0.313 e. The van der Waals surface area contributed by atoms with Crippen LogP contribution in [0.4, 0.5) is 5.69 Å². The highest BCUT2D eigenvalue weighted by Gasteiger charge is 2.37. The number of likely N-dealkylation sites (N-methyl/N-ethyl adjacent to an activating group) is 1. The standard InChI is InChI=1S/C21H21ClN2O3/c1-12-9-13(2)19(14(3)17(12)10-22)23(4)18(25)11-24-20(26)15-7-5-6-8-16(15)21(24)27/h5-9H,10-11H2,1-4H3. The van der Waals surface area contributed by atoms with Gasteiger partial charge < -0.3 is 4.90 Å². The van der Waals surface area contributed by atoms with Gasteiger partial charge in [0.25, 0.3) is 11.8 Å². The summed E-state index contributed by atoms with van der Waals surface area (Å²) in [4.78, 5) is 40.4. The number of hydrogen-bond acceptors (Lipinski definition) is 3. The summed E-state index contributed by atoms with van der Waals surface area (Å²) in [5, 5.41) is 0. The molecule has 0 saturated carbocycles. The first-order valence-corrected chi connectivity index (χ1v) is 9.18. The van der Waals surface area contributed by atoms with Crippen LogP contribution in [0.2, 0.25) is 0 Å². The summed E-state index contributed by atoms with van der Waals surface area (Å²) in [5.41, 5.74) is 5.37. The molecule has 3 amide bonds. The molecule has 2 aromatic rings. The van der Waals surface area contributed by atoms with E-state index in [0.29, 0.717) is 17.0 Å². The Balaban J connectivity index is 1.88. The number of aryl methyl sites for hydroxylation is 2.